The summed E-state index contributed by atoms with van der Waals surface area (Å²) in [5.41, 5.74) is -1.62. The summed E-state index contributed by atoms with van der Waals surface area (Å²) in [5.74, 6) is -1.16. The van der Waals surface area contributed by atoms with Crippen molar-refractivity contribution in [2.24, 2.45) is 22.1 Å². The highest BCUT2D eigenvalue weighted by Crippen LogP contribution is 2.45. The Hall–Kier alpha value is -2.85. The van der Waals surface area contributed by atoms with Gasteiger partial charge in [-0.25, -0.2) is 9.59 Å². The summed E-state index contributed by atoms with van der Waals surface area (Å²) in [6, 6.07) is 0. The van der Waals surface area contributed by atoms with Crippen LogP contribution in [0.5, 0.6) is 0 Å². The van der Waals surface area contributed by atoms with Gasteiger partial charge < -0.3 is 29.8 Å². The number of hydrogen-bond acceptors (Lipinski definition) is 9. The highest BCUT2D eigenvalue weighted by molar-refractivity contribution is 5.98. The number of carbonyl (C=O) groups excluding carboxylic acids is 3. The fourth-order valence-electron chi connectivity index (χ4n) is 6.03. The summed E-state index contributed by atoms with van der Waals surface area (Å²) in [5, 5.41) is 14.3. The maximum absolute atomic E-state index is 14.1. The third-order valence-corrected chi connectivity index (χ3v) is 7.66. The first-order chi connectivity index (χ1) is 17.5. The average molecular weight is 521 g/mol. The molecule has 0 unspecified atom stereocenters. The summed E-state index contributed by atoms with van der Waals surface area (Å²) >= 11 is 0. The van der Waals surface area contributed by atoms with E-state index in [1.807, 2.05) is 6.92 Å². The molecule has 2 N–H and O–H groups in total. The molecular weight excluding hydrogens is 480 g/mol. The predicted octanol–water partition coefficient (Wildman–Crippen LogP) is 3.21. The Morgan fingerprint density at radius 3 is 2.11 bits per heavy atom. The maximum atomic E-state index is 14.1. The van der Waals surface area contributed by atoms with E-state index < -0.39 is 34.6 Å². The number of carbonyl (C=O) groups is 3. The van der Waals surface area contributed by atoms with E-state index in [-0.39, 0.29) is 43.5 Å². The van der Waals surface area contributed by atoms with E-state index in [9.17, 15) is 14.4 Å². The quantitative estimate of drug-likeness (QED) is 0.469. The zero-order valence-electron chi connectivity index (χ0n) is 22.7. The number of fused-ring (bicyclic) bond motifs is 2. The molecule has 0 aromatic rings. The number of nitrogens with zero attached hydrogens (tertiary/aromatic N) is 2. The lowest BCUT2D eigenvalue weighted by Gasteiger charge is -2.36. The normalized spacial score (nSPS) is 33.9. The molecule has 4 rings (SSSR count). The van der Waals surface area contributed by atoms with E-state index in [0.717, 1.165) is 24.3 Å². The van der Waals surface area contributed by atoms with Gasteiger partial charge in [0.25, 0.3) is 0 Å². The molecular formula is C26H40N4O7. The van der Waals surface area contributed by atoms with E-state index in [4.69, 9.17) is 19.1 Å². The van der Waals surface area contributed by atoms with Crippen LogP contribution in [0.4, 0.5) is 4.79 Å². The Kier molecular flexibility index (Phi) is 7.45. The Balaban J connectivity index is 1.62. The Labute approximate surface area is 218 Å². The lowest BCUT2D eigenvalue weighted by Crippen LogP contribution is -2.65. The number of ether oxygens (including phenoxy) is 2. The minimum Gasteiger partial charge on any atom is -0.464 e. The van der Waals surface area contributed by atoms with Crippen LogP contribution in [0, 0.1) is 11.8 Å². The maximum Gasteiger partial charge on any atom is 0.408 e. The standard InChI is InChI=1S/C26H40N4O7/c1-7-10-18-16-12-26(22(32)34-9-3,14-20(16)37-30-18)27-21(31)25(28-23(33)35-24(4,5)6)11-15-17(8-2)29-36-19(15)13-25/h15-16,19-20H,7-14H2,1-6H3,(H,27,31)(H,28,33)/t15-,16+,19-,20+,25-,26+/m1/s1. The summed E-state index contributed by atoms with van der Waals surface area (Å²) in [6.07, 6.45) is 2.05. The van der Waals surface area contributed by atoms with Gasteiger partial charge in [0.15, 0.2) is 0 Å². The van der Waals surface area contributed by atoms with E-state index in [0.29, 0.717) is 19.3 Å². The number of esters is 1. The van der Waals surface area contributed by atoms with Crippen molar-refractivity contribution >= 4 is 29.4 Å². The number of rotatable bonds is 8. The minimum absolute atomic E-state index is 0.0791. The molecule has 0 spiro atoms. The second-order valence-electron chi connectivity index (χ2n) is 11.6. The van der Waals surface area contributed by atoms with Crippen LogP contribution in [0.1, 0.15) is 86.5 Å². The van der Waals surface area contributed by atoms with E-state index in [2.05, 4.69) is 27.9 Å². The van der Waals surface area contributed by atoms with Crippen molar-refractivity contribution in [3.63, 3.8) is 0 Å². The Bertz CT molecular complexity index is 990. The SMILES string of the molecule is CCCC1=NO[C@H]2C[C@](NC(=O)[C@@]3(NC(=O)OC(C)(C)C)C[C@@H]4C(CC)=NO[C@@H]4C3)(C(=O)OCC)C[C@@H]12. The third-order valence-electron chi connectivity index (χ3n) is 7.66. The molecule has 0 radical (unpaired) electrons. The molecule has 0 bridgehead atoms. The fourth-order valence-corrected chi connectivity index (χ4v) is 6.03. The van der Waals surface area contributed by atoms with Gasteiger partial charge in [-0.3, -0.25) is 4.79 Å². The first kappa shape index (κ1) is 27.2. The molecule has 2 aliphatic heterocycles. The minimum atomic E-state index is -1.34. The lowest BCUT2D eigenvalue weighted by atomic mass is 9.88. The van der Waals surface area contributed by atoms with Crippen LogP contribution in [-0.4, -0.2) is 64.9 Å². The second-order valence-corrected chi connectivity index (χ2v) is 11.6. The first-order valence-electron chi connectivity index (χ1n) is 13.4. The van der Waals surface area contributed by atoms with Crippen LogP contribution in [0.3, 0.4) is 0 Å². The van der Waals surface area contributed by atoms with Crippen LogP contribution in [0.15, 0.2) is 10.3 Å². The third kappa shape index (κ3) is 5.27. The molecule has 2 aliphatic carbocycles. The molecule has 11 heteroatoms. The van der Waals surface area contributed by atoms with Crippen LogP contribution < -0.4 is 10.6 Å². The largest absolute Gasteiger partial charge is 0.464 e. The van der Waals surface area contributed by atoms with Crippen molar-refractivity contribution in [2.75, 3.05) is 6.61 Å². The zero-order chi connectivity index (χ0) is 27.0. The topological polar surface area (TPSA) is 137 Å². The summed E-state index contributed by atoms with van der Waals surface area (Å²) in [4.78, 5) is 51.7. The molecule has 2 saturated carbocycles. The van der Waals surface area contributed by atoms with Gasteiger partial charge in [0.05, 0.1) is 18.0 Å². The van der Waals surface area contributed by atoms with Crippen molar-refractivity contribution in [2.45, 2.75) is 115 Å². The van der Waals surface area contributed by atoms with Gasteiger partial charge >= 0.3 is 12.1 Å². The lowest BCUT2D eigenvalue weighted by molar-refractivity contribution is -0.154. The molecule has 2 fully saturated rings. The van der Waals surface area contributed by atoms with Gasteiger partial charge in [0.2, 0.25) is 5.91 Å². The molecule has 11 nitrogen and oxygen atoms in total. The van der Waals surface area contributed by atoms with Crippen molar-refractivity contribution < 1.29 is 33.5 Å². The second kappa shape index (κ2) is 10.1. The fraction of sp³-hybridized carbons (Fsp3) is 0.808. The monoisotopic (exact) mass is 520 g/mol. The average Bonchev–Trinajstić information content (AvgIpc) is 3.53. The van der Waals surface area contributed by atoms with Crippen molar-refractivity contribution in [1.29, 1.82) is 0 Å². The zero-order valence-corrected chi connectivity index (χ0v) is 22.7. The van der Waals surface area contributed by atoms with Gasteiger partial charge in [-0.2, -0.15) is 0 Å². The molecule has 2 heterocycles. The smallest absolute Gasteiger partial charge is 0.408 e. The van der Waals surface area contributed by atoms with Crippen LogP contribution >= 0.6 is 0 Å². The number of nitrogens with one attached hydrogen (secondary N) is 2. The number of oxime groups is 2. The van der Waals surface area contributed by atoms with Crippen molar-refractivity contribution in [3.8, 4) is 0 Å². The van der Waals surface area contributed by atoms with Crippen molar-refractivity contribution in [1.82, 2.24) is 10.6 Å². The van der Waals surface area contributed by atoms with Crippen LogP contribution in [0.25, 0.3) is 0 Å². The Morgan fingerprint density at radius 2 is 1.51 bits per heavy atom. The summed E-state index contributed by atoms with van der Waals surface area (Å²) < 4.78 is 10.9. The van der Waals surface area contributed by atoms with Gasteiger partial charge in [-0.1, -0.05) is 30.6 Å². The molecule has 37 heavy (non-hydrogen) atoms. The molecule has 4 aliphatic rings. The number of alkyl carbamates (subject to hydrolysis) is 1. The Morgan fingerprint density at radius 1 is 0.919 bits per heavy atom. The number of amides is 2. The molecule has 0 aromatic carbocycles. The van der Waals surface area contributed by atoms with E-state index >= 15 is 0 Å². The van der Waals surface area contributed by atoms with Crippen molar-refractivity contribution in [3.05, 3.63) is 0 Å². The predicted molar refractivity (Wildman–Crippen MR) is 135 cm³/mol. The number of hydrogen-bond donors (Lipinski definition) is 2. The highest BCUT2D eigenvalue weighted by atomic mass is 16.6. The van der Waals surface area contributed by atoms with Gasteiger partial charge in [-0.15, -0.1) is 0 Å². The van der Waals surface area contributed by atoms with Crippen LogP contribution in [-0.2, 0) is 28.7 Å². The first-order valence-corrected chi connectivity index (χ1v) is 13.4. The molecule has 0 saturated heterocycles. The van der Waals surface area contributed by atoms with Gasteiger partial charge in [0, 0.05) is 24.7 Å². The van der Waals surface area contributed by atoms with E-state index in [1.54, 1.807) is 27.7 Å². The highest BCUT2D eigenvalue weighted by Gasteiger charge is 2.61. The van der Waals surface area contributed by atoms with Gasteiger partial charge in [-0.05, 0) is 53.4 Å². The van der Waals surface area contributed by atoms with Crippen LogP contribution in [0.2, 0.25) is 0 Å². The van der Waals surface area contributed by atoms with E-state index in [1.165, 1.54) is 0 Å². The molecule has 2 amide bonds. The molecule has 206 valence electrons. The summed E-state index contributed by atoms with van der Waals surface area (Å²) in [7, 11) is 0. The molecule has 6 atom stereocenters. The summed E-state index contributed by atoms with van der Waals surface area (Å²) in [6.45, 7) is 11.2. The van der Waals surface area contributed by atoms with Gasteiger partial charge in [0.1, 0.15) is 28.9 Å². The molecule has 0 aromatic heterocycles.